The number of imidazole rings is 1. The summed E-state index contributed by atoms with van der Waals surface area (Å²) in [5.41, 5.74) is 11.8. The maximum absolute atomic E-state index is 13.3. The zero-order valence-electron chi connectivity index (χ0n) is 22.2. The molecule has 1 aromatic heterocycles. The Balaban J connectivity index is 1.59. The molecule has 1 atom stereocenters. The first-order valence-electron chi connectivity index (χ1n) is 12.4. The van der Waals surface area contributed by atoms with Crippen molar-refractivity contribution < 1.29 is 13.2 Å². The van der Waals surface area contributed by atoms with E-state index in [9.17, 15) is 13.2 Å². The van der Waals surface area contributed by atoms with Gasteiger partial charge in [0.2, 0.25) is 0 Å². The topological polar surface area (TPSA) is 130 Å². The minimum Gasteiger partial charge on any atom is -0.404 e. The van der Waals surface area contributed by atoms with Gasteiger partial charge in [-0.1, -0.05) is 53.5 Å². The second-order valence-corrected chi connectivity index (χ2v) is 12.5. The summed E-state index contributed by atoms with van der Waals surface area (Å²) in [5.74, 6) is -0.369. The molecular formula is C29H29Cl2N5O3S. The molecule has 0 fully saturated rings. The number of amides is 1. The fourth-order valence-corrected chi connectivity index (χ4v) is 5.24. The van der Waals surface area contributed by atoms with E-state index < -0.39 is 15.7 Å². The van der Waals surface area contributed by atoms with Gasteiger partial charge in [0.05, 0.1) is 32.6 Å². The van der Waals surface area contributed by atoms with E-state index in [1.165, 1.54) is 24.5 Å². The highest BCUT2D eigenvalue weighted by Gasteiger charge is 2.22. The lowest BCUT2D eigenvalue weighted by atomic mass is 9.98. The van der Waals surface area contributed by atoms with Crippen molar-refractivity contribution in [3.63, 3.8) is 0 Å². The Kier molecular flexibility index (Phi) is 8.98. The molecule has 1 unspecified atom stereocenters. The number of aryl methyl sites for hydroxylation is 2. The van der Waals surface area contributed by atoms with Gasteiger partial charge in [0.1, 0.15) is 11.7 Å². The third-order valence-electron chi connectivity index (χ3n) is 6.44. The standard InChI is InChI=1S/C29H29Cl2N5O3S/c1-17-9-25-26(10-18(17)2)36-28(35-25)22(19-7-5-4-6-8-19)15-34-29(37)27-23(30)11-20(12-24(27)31)21(13-32)14-33-16-40(3,38)39/h4-14,22H,15-16,32H2,1-3H3,(H,34,37)(H,35,36). The number of hydrogen-bond acceptors (Lipinski definition) is 6. The molecule has 0 radical (unpaired) electrons. The van der Waals surface area contributed by atoms with Gasteiger partial charge >= 0.3 is 0 Å². The summed E-state index contributed by atoms with van der Waals surface area (Å²) in [6.45, 7) is 4.34. The molecule has 208 valence electrons. The van der Waals surface area contributed by atoms with Gasteiger partial charge in [-0.3, -0.25) is 9.79 Å². The Bertz CT molecular complexity index is 1670. The van der Waals surface area contributed by atoms with Gasteiger partial charge in [0.25, 0.3) is 5.91 Å². The van der Waals surface area contributed by atoms with Crippen molar-refractivity contribution in [2.75, 3.05) is 18.7 Å². The number of halogens is 2. The third-order valence-corrected chi connectivity index (χ3v) is 7.65. The Morgan fingerprint density at radius 1 is 1.10 bits per heavy atom. The highest BCUT2D eigenvalue weighted by Crippen LogP contribution is 2.30. The largest absolute Gasteiger partial charge is 0.404 e. The van der Waals surface area contributed by atoms with Crippen LogP contribution in [-0.2, 0) is 9.84 Å². The second kappa shape index (κ2) is 12.2. The van der Waals surface area contributed by atoms with Crippen molar-refractivity contribution in [3.05, 3.63) is 104 Å². The predicted molar refractivity (Wildman–Crippen MR) is 163 cm³/mol. The molecule has 0 aliphatic carbocycles. The van der Waals surface area contributed by atoms with Crippen LogP contribution in [0, 0.1) is 13.8 Å². The molecular weight excluding hydrogens is 569 g/mol. The predicted octanol–water partition coefficient (Wildman–Crippen LogP) is 5.42. The van der Waals surface area contributed by atoms with E-state index in [4.69, 9.17) is 33.9 Å². The molecule has 0 saturated heterocycles. The lowest BCUT2D eigenvalue weighted by Gasteiger charge is -2.17. The number of hydrogen-bond donors (Lipinski definition) is 3. The van der Waals surface area contributed by atoms with E-state index in [1.54, 1.807) is 0 Å². The number of benzene rings is 3. The normalized spacial score (nSPS) is 13.2. The van der Waals surface area contributed by atoms with E-state index in [-0.39, 0.29) is 33.9 Å². The Labute approximate surface area is 243 Å². The lowest BCUT2D eigenvalue weighted by molar-refractivity contribution is 0.0952. The number of rotatable bonds is 9. The first-order valence-corrected chi connectivity index (χ1v) is 15.2. The van der Waals surface area contributed by atoms with E-state index >= 15 is 0 Å². The number of nitrogens with zero attached hydrogens (tertiary/aromatic N) is 2. The lowest BCUT2D eigenvalue weighted by Crippen LogP contribution is -2.30. The minimum absolute atomic E-state index is 0.110. The fraction of sp³-hybridized carbons (Fsp3) is 0.207. The highest BCUT2D eigenvalue weighted by molar-refractivity contribution is 7.90. The van der Waals surface area contributed by atoms with Crippen LogP contribution in [0.15, 0.2) is 65.8 Å². The average Bonchev–Trinajstić information content (AvgIpc) is 3.28. The summed E-state index contributed by atoms with van der Waals surface area (Å²) in [5, 5.41) is 3.18. The van der Waals surface area contributed by atoms with Crippen LogP contribution in [0.25, 0.3) is 16.6 Å². The third kappa shape index (κ3) is 6.91. The molecule has 0 spiro atoms. The Morgan fingerprint density at radius 2 is 1.75 bits per heavy atom. The zero-order chi connectivity index (χ0) is 29.0. The van der Waals surface area contributed by atoms with Gasteiger partial charge in [0, 0.05) is 30.8 Å². The smallest absolute Gasteiger partial charge is 0.254 e. The summed E-state index contributed by atoms with van der Waals surface area (Å²) < 4.78 is 22.7. The minimum atomic E-state index is -3.29. The van der Waals surface area contributed by atoms with Crippen molar-refractivity contribution in [3.8, 4) is 0 Å². The monoisotopic (exact) mass is 597 g/mol. The molecule has 4 aromatic rings. The SMILES string of the molecule is Cc1cc2nc(C(CNC(=O)c3c(Cl)cc(C(C=NCS(C)(=O)=O)=CN)cc3Cl)c3ccccc3)[nH]c2cc1C. The van der Waals surface area contributed by atoms with Crippen molar-refractivity contribution in [1.82, 2.24) is 15.3 Å². The van der Waals surface area contributed by atoms with Crippen molar-refractivity contribution in [1.29, 1.82) is 0 Å². The van der Waals surface area contributed by atoms with Gasteiger partial charge < -0.3 is 16.0 Å². The molecule has 1 heterocycles. The summed E-state index contributed by atoms with van der Waals surface area (Å²) in [4.78, 5) is 25.5. The van der Waals surface area contributed by atoms with Gasteiger partial charge in [-0.2, -0.15) is 0 Å². The number of aromatic nitrogens is 2. The Hall–Kier alpha value is -3.66. The van der Waals surface area contributed by atoms with Crippen LogP contribution in [0.4, 0.5) is 0 Å². The number of aromatic amines is 1. The van der Waals surface area contributed by atoms with Gasteiger partial charge in [-0.25, -0.2) is 13.4 Å². The molecule has 0 aliphatic rings. The maximum Gasteiger partial charge on any atom is 0.254 e. The van der Waals surface area contributed by atoms with Crippen molar-refractivity contribution in [2.45, 2.75) is 19.8 Å². The molecule has 0 bridgehead atoms. The van der Waals surface area contributed by atoms with Crippen LogP contribution < -0.4 is 11.1 Å². The summed E-state index contributed by atoms with van der Waals surface area (Å²) in [6, 6.07) is 17.0. The molecule has 40 heavy (non-hydrogen) atoms. The van der Waals surface area contributed by atoms with Crippen molar-refractivity contribution >= 4 is 61.8 Å². The number of aliphatic imine (C=N–C) groups is 1. The highest BCUT2D eigenvalue weighted by atomic mass is 35.5. The zero-order valence-corrected chi connectivity index (χ0v) is 24.5. The van der Waals surface area contributed by atoms with E-state index in [0.717, 1.165) is 39.8 Å². The number of nitrogens with one attached hydrogen (secondary N) is 2. The molecule has 0 saturated carbocycles. The number of sulfone groups is 1. The molecule has 0 aliphatic heterocycles. The first kappa shape index (κ1) is 29.3. The number of carbonyl (C=O) groups excluding carboxylic acids is 1. The number of H-pyrrole nitrogens is 1. The Morgan fingerprint density at radius 3 is 2.38 bits per heavy atom. The fourth-order valence-electron chi connectivity index (χ4n) is 4.24. The number of allylic oxidation sites excluding steroid dienone is 1. The number of fused-ring (bicyclic) bond motifs is 1. The van der Waals surface area contributed by atoms with Gasteiger partial charge in [-0.05, 0) is 60.4 Å². The molecule has 1 amide bonds. The van der Waals surface area contributed by atoms with E-state index in [2.05, 4.69) is 28.3 Å². The maximum atomic E-state index is 13.3. The molecule has 11 heteroatoms. The van der Waals surface area contributed by atoms with Crippen LogP contribution in [0.2, 0.25) is 10.0 Å². The van der Waals surface area contributed by atoms with Gasteiger partial charge in [-0.15, -0.1) is 0 Å². The molecule has 3 aromatic carbocycles. The van der Waals surface area contributed by atoms with Crippen LogP contribution in [0.3, 0.4) is 0 Å². The quantitative estimate of drug-likeness (QED) is 0.222. The van der Waals surface area contributed by atoms with Crippen LogP contribution in [0.5, 0.6) is 0 Å². The average molecular weight is 599 g/mol. The molecule has 4 N–H and O–H groups in total. The first-order chi connectivity index (χ1) is 19.0. The summed E-state index contributed by atoms with van der Waals surface area (Å²) in [6.07, 6.45) is 3.66. The van der Waals surface area contributed by atoms with E-state index in [1.807, 2.05) is 43.3 Å². The summed E-state index contributed by atoms with van der Waals surface area (Å²) >= 11 is 13.0. The molecule has 8 nitrogen and oxygen atoms in total. The van der Waals surface area contributed by atoms with Crippen LogP contribution >= 0.6 is 23.2 Å². The van der Waals surface area contributed by atoms with Crippen LogP contribution in [0.1, 0.15) is 44.4 Å². The van der Waals surface area contributed by atoms with Gasteiger partial charge in [0.15, 0.2) is 9.84 Å². The number of carbonyl (C=O) groups is 1. The second-order valence-electron chi connectivity index (χ2n) is 9.55. The summed E-state index contributed by atoms with van der Waals surface area (Å²) in [7, 11) is -3.29. The number of nitrogens with two attached hydrogens (primary N) is 1. The van der Waals surface area contributed by atoms with E-state index in [0.29, 0.717) is 11.1 Å². The van der Waals surface area contributed by atoms with Crippen molar-refractivity contribution in [2.24, 2.45) is 10.7 Å². The molecule has 4 rings (SSSR count). The van der Waals surface area contributed by atoms with Crippen LogP contribution in [-0.4, -0.2) is 49.2 Å².